The molecule has 1 aliphatic carbocycles. The van der Waals surface area contributed by atoms with Crippen LogP contribution in [0.3, 0.4) is 0 Å². The average Bonchev–Trinajstić information content (AvgIpc) is 2.27. The van der Waals surface area contributed by atoms with E-state index in [1.807, 2.05) is 0 Å². The summed E-state index contributed by atoms with van der Waals surface area (Å²) in [6.45, 7) is 0. The molecule has 1 nitrogen and oxygen atoms in total. The second kappa shape index (κ2) is 4.80. The van der Waals surface area contributed by atoms with Gasteiger partial charge in [-0.15, -0.1) is 0 Å². The largest absolute Gasteiger partial charge is 0.460 e. The molecule has 0 aromatic rings. The maximum Gasteiger partial charge on any atom is 0.460 e. The second-order valence-corrected chi connectivity index (χ2v) is 4.53. The SMILES string of the molecule is O=C1CCCCC1C(F)(F)C(F)(F)C(F)(F)C(F)(F)F. The first kappa shape index (κ1) is 17.1. The maximum absolute atomic E-state index is 13.4. The topological polar surface area (TPSA) is 17.1 Å². The maximum atomic E-state index is 13.4. The molecule has 118 valence electrons. The Hall–Kier alpha value is -0.960. The van der Waals surface area contributed by atoms with Crippen LogP contribution >= 0.6 is 0 Å². The van der Waals surface area contributed by atoms with Crippen LogP contribution in [-0.4, -0.2) is 29.7 Å². The minimum atomic E-state index is -6.93. The van der Waals surface area contributed by atoms with Crippen molar-refractivity contribution < 1.29 is 44.3 Å². The van der Waals surface area contributed by atoms with E-state index in [1.165, 1.54) is 0 Å². The van der Waals surface area contributed by atoms with Crippen LogP contribution in [0.1, 0.15) is 25.7 Å². The molecule has 0 aliphatic heterocycles. The van der Waals surface area contributed by atoms with Gasteiger partial charge < -0.3 is 0 Å². The Morgan fingerprint density at radius 3 is 1.70 bits per heavy atom. The van der Waals surface area contributed by atoms with Gasteiger partial charge in [-0.05, 0) is 12.8 Å². The number of carbonyl (C=O) groups excluding carboxylic acids is 1. The van der Waals surface area contributed by atoms with Crippen molar-refractivity contribution in [3.63, 3.8) is 0 Å². The number of hydrogen-bond donors (Lipinski definition) is 0. The van der Waals surface area contributed by atoms with Gasteiger partial charge in [0, 0.05) is 6.42 Å². The summed E-state index contributed by atoms with van der Waals surface area (Å²) in [6.07, 6.45) is -8.27. The van der Waals surface area contributed by atoms with E-state index in [9.17, 15) is 44.3 Å². The van der Waals surface area contributed by atoms with Crippen LogP contribution in [0.25, 0.3) is 0 Å². The van der Waals surface area contributed by atoms with Crippen molar-refractivity contribution in [1.82, 2.24) is 0 Å². The Morgan fingerprint density at radius 2 is 1.30 bits per heavy atom. The lowest BCUT2D eigenvalue weighted by molar-refractivity contribution is -0.401. The van der Waals surface area contributed by atoms with Gasteiger partial charge >= 0.3 is 23.9 Å². The molecule has 0 aromatic heterocycles. The number of halogens is 9. The lowest BCUT2D eigenvalue weighted by Crippen LogP contribution is -2.64. The quantitative estimate of drug-likeness (QED) is 0.713. The van der Waals surface area contributed by atoms with E-state index < -0.39 is 48.5 Å². The molecule has 1 saturated carbocycles. The standard InChI is InChI=1S/C10H9F9O/c11-7(12,5-3-1-2-4-6(5)20)8(13,14)9(15,16)10(17,18)19/h5H,1-4H2. The van der Waals surface area contributed by atoms with Crippen molar-refractivity contribution in [2.75, 3.05) is 0 Å². The Bertz CT molecular complexity index is 385. The zero-order valence-corrected chi connectivity index (χ0v) is 9.72. The molecule has 1 atom stereocenters. The fraction of sp³-hybridized carbons (Fsp3) is 0.900. The number of hydrogen-bond acceptors (Lipinski definition) is 1. The van der Waals surface area contributed by atoms with E-state index in [-0.39, 0.29) is 12.8 Å². The lowest BCUT2D eigenvalue weighted by Gasteiger charge is -2.38. The van der Waals surface area contributed by atoms with Gasteiger partial charge in [-0.3, -0.25) is 4.79 Å². The molecule has 1 rings (SSSR count). The van der Waals surface area contributed by atoms with Crippen molar-refractivity contribution in [3.05, 3.63) is 0 Å². The van der Waals surface area contributed by atoms with Crippen LogP contribution in [0.15, 0.2) is 0 Å². The Morgan fingerprint density at radius 1 is 0.800 bits per heavy atom. The molecule has 10 heteroatoms. The Labute approximate surface area is 107 Å². The summed E-state index contributed by atoms with van der Waals surface area (Å²) in [6, 6.07) is 0. The van der Waals surface area contributed by atoms with Gasteiger partial charge in [-0.25, -0.2) is 0 Å². The second-order valence-electron chi connectivity index (χ2n) is 4.53. The van der Waals surface area contributed by atoms with Gasteiger partial charge in [0.2, 0.25) is 0 Å². The van der Waals surface area contributed by atoms with E-state index in [0.717, 1.165) is 0 Å². The van der Waals surface area contributed by atoms with E-state index in [4.69, 9.17) is 0 Å². The van der Waals surface area contributed by atoms with Crippen molar-refractivity contribution in [1.29, 1.82) is 0 Å². The van der Waals surface area contributed by atoms with Crippen LogP contribution < -0.4 is 0 Å². The van der Waals surface area contributed by atoms with E-state index >= 15 is 0 Å². The summed E-state index contributed by atoms with van der Waals surface area (Å²) < 4.78 is 114. The van der Waals surface area contributed by atoms with Gasteiger partial charge in [0.1, 0.15) is 5.78 Å². The molecule has 1 unspecified atom stereocenters. The Kier molecular flexibility index (Phi) is 4.10. The minimum Gasteiger partial charge on any atom is -0.299 e. The summed E-state index contributed by atoms with van der Waals surface area (Å²) in [5.74, 6) is -23.7. The number of ketones is 1. The first-order valence-corrected chi connectivity index (χ1v) is 5.49. The Balaban J connectivity index is 3.20. The molecular weight excluding hydrogens is 307 g/mol. The van der Waals surface area contributed by atoms with Gasteiger partial charge in [-0.1, -0.05) is 6.42 Å². The molecule has 1 aliphatic rings. The van der Waals surface area contributed by atoms with Crippen LogP contribution in [0.2, 0.25) is 0 Å². The molecule has 0 aromatic carbocycles. The van der Waals surface area contributed by atoms with Gasteiger partial charge in [0.15, 0.2) is 0 Å². The third kappa shape index (κ3) is 2.37. The predicted octanol–water partition coefficient (Wildman–Crippen LogP) is 4.21. The van der Waals surface area contributed by atoms with E-state index in [2.05, 4.69) is 0 Å². The monoisotopic (exact) mass is 316 g/mol. The summed E-state index contributed by atoms with van der Waals surface area (Å²) in [7, 11) is 0. The number of alkyl halides is 9. The molecule has 20 heavy (non-hydrogen) atoms. The molecule has 0 spiro atoms. The zero-order valence-electron chi connectivity index (χ0n) is 9.72. The van der Waals surface area contributed by atoms with Gasteiger partial charge in [-0.2, -0.15) is 39.5 Å². The molecule has 0 N–H and O–H groups in total. The molecule has 1 fully saturated rings. The fourth-order valence-corrected chi connectivity index (χ4v) is 1.97. The summed E-state index contributed by atoms with van der Waals surface area (Å²) in [5.41, 5.74) is 0. The molecule has 0 radical (unpaired) electrons. The predicted molar refractivity (Wildman–Crippen MR) is 47.9 cm³/mol. The highest BCUT2D eigenvalue weighted by atomic mass is 19.4. The van der Waals surface area contributed by atoms with Crippen LogP contribution in [-0.2, 0) is 4.79 Å². The van der Waals surface area contributed by atoms with Crippen LogP contribution in [0, 0.1) is 5.92 Å². The van der Waals surface area contributed by atoms with Crippen molar-refractivity contribution in [3.8, 4) is 0 Å². The number of rotatable bonds is 3. The van der Waals surface area contributed by atoms with E-state index in [0.29, 0.717) is 0 Å². The normalized spacial score (nSPS) is 23.1. The molecule has 0 heterocycles. The van der Waals surface area contributed by atoms with Crippen LogP contribution in [0.5, 0.6) is 0 Å². The van der Waals surface area contributed by atoms with Gasteiger partial charge in [0.05, 0.1) is 5.92 Å². The minimum absolute atomic E-state index is 0.104. The molecule has 0 saturated heterocycles. The lowest BCUT2D eigenvalue weighted by atomic mass is 9.79. The third-order valence-corrected chi connectivity index (χ3v) is 3.16. The highest BCUT2D eigenvalue weighted by Gasteiger charge is 2.83. The summed E-state index contributed by atoms with van der Waals surface area (Å²) in [5, 5.41) is 0. The van der Waals surface area contributed by atoms with E-state index in [1.54, 1.807) is 0 Å². The van der Waals surface area contributed by atoms with Crippen LogP contribution in [0.4, 0.5) is 39.5 Å². The highest BCUT2D eigenvalue weighted by Crippen LogP contribution is 2.56. The van der Waals surface area contributed by atoms with Crippen molar-refractivity contribution in [2.45, 2.75) is 49.6 Å². The fourth-order valence-electron chi connectivity index (χ4n) is 1.97. The smallest absolute Gasteiger partial charge is 0.299 e. The number of Topliss-reactive ketones (excluding diaryl/α,β-unsaturated/α-hetero) is 1. The summed E-state index contributed by atoms with van der Waals surface area (Å²) >= 11 is 0. The molecule has 0 amide bonds. The highest BCUT2D eigenvalue weighted by molar-refractivity contribution is 5.82. The third-order valence-electron chi connectivity index (χ3n) is 3.16. The van der Waals surface area contributed by atoms with Crippen molar-refractivity contribution >= 4 is 5.78 Å². The van der Waals surface area contributed by atoms with Gasteiger partial charge in [0.25, 0.3) is 0 Å². The molecular formula is C10H9F9O. The first-order chi connectivity index (χ1) is 8.77. The zero-order chi connectivity index (χ0) is 16.0. The average molecular weight is 316 g/mol. The molecule has 0 bridgehead atoms. The number of carbonyl (C=O) groups is 1. The van der Waals surface area contributed by atoms with Crippen molar-refractivity contribution in [2.24, 2.45) is 5.92 Å². The summed E-state index contributed by atoms with van der Waals surface area (Å²) in [4.78, 5) is 11.1. The first-order valence-electron chi connectivity index (χ1n) is 5.49.